The third kappa shape index (κ3) is 6.73. The molecular formula is C2H12Si5. The van der Waals surface area contributed by atoms with Gasteiger partial charge >= 0.3 is 0 Å². The quantitative estimate of drug-likeness (QED) is 0.324. The Morgan fingerprint density at radius 1 is 1.29 bits per heavy atom. The van der Waals surface area contributed by atoms with E-state index < -0.39 is 0 Å². The summed E-state index contributed by atoms with van der Waals surface area (Å²) in [6, 6.07) is 0. The van der Waals surface area contributed by atoms with Crippen molar-refractivity contribution in [3.05, 3.63) is 4.82 Å². The van der Waals surface area contributed by atoms with Crippen LogP contribution in [0.2, 0.25) is 0 Å². The van der Waals surface area contributed by atoms with E-state index in [1.807, 2.05) is 0 Å². The van der Waals surface area contributed by atoms with Crippen LogP contribution in [-0.2, 0) is 0 Å². The second kappa shape index (κ2) is 3.70. The van der Waals surface area contributed by atoms with Gasteiger partial charge in [-0.15, -0.1) is 0 Å². The van der Waals surface area contributed by atoms with E-state index in [0.717, 1.165) is 0 Å². The minimum absolute atomic E-state index is 0.126. The molecule has 0 nitrogen and oxygen atoms in total. The molecule has 0 heterocycles. The molecule has 0 unspecified atom stereocenters. The van der Waals surface area contributed by atoms with Gasteiger partial charge in [-0.1, -0.05) is 4.82 Å². The van der Waals surface area contributed by atoms with Gasteiger partial charge in [0.25, 0.3) is 0 Å². The molecule has 40 valence electrons. The molecule has 0 aromatic carbocycles. The highest BCUT2D eigenvalue weighted by molar-refractivity contribution is 7.29. The normalized spacial score (nSPS) is 9.14. The number of hydrogen-bond donors (Lipinski definition) is 0. The maximum atomic E-state index is 3.57. The topological polar surface area (TPSA) is 0 Å². The van der Waals surface area contributed by atoms with Crippen LogP contribution in [0.5, 0.6) is 0 Å². The second-order valence-electron chi connectivity index (χ2n) is 2.12. The van der Waals surface area contributed by atoms with E-state index in [1.54, 1.807) is 4.82 Å². The Morgan fingerprint density at radius 2 is 1.71 bits per heavy atom. The summed E-state index contributed by atoms with van der Waals surface area (Å²) in [5, 5.41) is 3.57. The lowest BCUT2D eigenvalue weighted by Crippen LogP contribution is -2.02. The Kier molecular flexibility index (Phi) is 4.09. The predicted molar refractivity (Wildman–Crippen MR) is 54.0 cm³/mol. The molecule has 0 bridgehead atoms. The van der Waals surface area contributed by atoms with Gasteiger partial charge in [0, 0.05) is 47.4 Å². The fourth-order valence-electron chi connectivity index (χ4n) is 0.500. The summed E-state index contributed by atoms with van der Waals surface area (Å²) >= 11 is 0. The van der Waals surface area contributed by atoms with Crippen LogP contribution in [0.4, 0.5) is 0 Å². The monoisotopic (exact) mass is 176 g/mol. The van der Waals surface area contributed by atoms with Gasteiger partial charge < -0.3 is 0 Å². The van der Waals surface area contributed by atoms with Crippen LogP contribution < -0.4 is 0 Å². The smallest absolute Gasteiger partial charge is 0.0360 e. The van der Waals surface area contributed by atoms with Crippen molar-refractivity contribution in [1.82, 2.24) is 0 Å². The molecule has 0 N–H and O–H groups in total. The van der Waals surface area contributed by atoms with Crippen molar-refractivity contribution in [3.8, 4) is 0 Å². The Labute approximate surface area is 57.9 Å². The summed E-state index contributed by atoms with van der Waals surface area (Å²) in [5.41, 5.74) is 0. The summed E-state index contributed by atoms with van der Waals surface area (Å²) in [4.78, 5) is 1.68. The van der Waals surface area contributed by atoms with Crippen molar-refractivity contribution in [3.63, 3.8) is 0 Å². The molecule has 0 saturated carbocycles. The van der Waals surface area contributed by atoms with Crippen LogP contribution in [0.25, 0.3) is 0 Å². The lowest BCUT2D eigenvalue weighted by molar-refractivity contribution is 2.64. The van der Waals surface area contributed by atoms with Crippen LogP contribution in [0.3, 0.4) is 0 Å². The predicted octanol–water partition coefficient (Wildman–Crippen LogP) is -5.24. The highest BCUT2D eigenvalue weighted by Crippen LogP contribution is 1.57. The van der Waals surface area contributed by atoms with Gasteiger partial charge in [0.1, 0.15) is 0 Å². The molecule has 0 aromatic rings. The van der Waals surface area contributed by atoms with E-state index in [0.29, 0.717) is 0 Å². The summed E-state index contributed by atoms with van der Waals surface area (Å²) < 4.78 is 0. The molecule has 0 aliphatic rings. The fraction of sp³-hybridized carbons (Fsp3) is 0. The molecule has 0 saturated heterocycles. The van der Waals surface area contributed by atoms with Gasteiger partial charge in [-0.25, -0.2) is 0 Å². The minimum atomic E-state index is 0.126. The standard InChI is InChI=1S/C2H12Si5/c3-2(4)1-7(5)6/h3-6H3. The van der Waals surface area contributed by atoms with Gasteiger partial charge in [-0.05, 0) is 0 Å². The molecule has 0 rings (SSSR count). The Morgan fingerprint density at radius 3 is 1.71 bits per heavy atom. The van der Waals surface area contributed by atoms with Crippen LogP contribution >= 0.6 is 0 Å². The first kappa shape index (κ1) is 7.73. The number of hydrogen-bond acceptors (Lipinski definition) is 0. The molecule has 5 heteroatoms. The zero-order valence-corrected chi connectivity index (χ0v) is 14.5. The van der Waals surface area contributed by atoms with E-state index in [2.05, 4.69) is 5.33 Å². The summed E-state index contributed by atoms with van der Waals surface area (Å²) in [5.74, 6) is 0. The summed E-state index contributed by atoms with van der Waals surface area (Å²) in [7, 11) is 5.62. The van der Waals surface area contributed by atoms with Crippen molar-refractivity contribution in [2.24, 2.45) is 0 Å². The van der Waals surface area contributed by atoms with Crippen molar-refractivity contribution < 1.29 is 0 Å². The average molecular weight is 177 g/mol. The Bertz CT molecular complexity index is 98.0. The van der Waals surface area contributed by atoms with E-state index in [9.17, 15) is 0 Å². The van der Waals surface area contributed by atoms with Crippen molar-refractivity contribution in [2.75, 3.05) is 0 Å². The zero-order valence-electron chi connectivity index (χ0n) is 5.50. The van der Waals surface area contributed by atoms with E-state index in [1.165, 1.54) is 40.0 Å². The maximum Gasteiger partial charge on any atom is 0.0360 e. The average Bonchev–Trinajstić information content (AvgIpc) is 1.27. The maximum absolute atomic E-state index is 3.57. The van der Waals surface area contributed by atoms with Gasteiger partial charge in [0.2, 0.25) is 0 Å². The highest BCUT2D eigenvalue weighted by Gasteiger charge is 1.71. The summed E-state index contributed by atoms with van der Waals surface area (Å²) in [6.45, 7) is 0. The molecule has 0 amide bonds. The largest absolute Gasteiger partial charge is 0.177 e. The van der Waals surface area contributed by atoms with Gasteiger partial charge in [0.15, 0.2) is 0 Å². The SMILES string of the molecule is [SiH3]C([SiH3])=C=[Si]([SiH3])[SiH3]. The van der Waals surface area contributed by atoms with Crippen molar-refractivity contribution in [1.29, 1.82) is 0 Å². The van der Waals surface area contributed by atoms with E-state index >= 15 is 0 Å². The third-order valence-electron chi connectivity index (χ3n) is 0.500. The molecule has 0 radical (unpaired) electrons. The molecular weight excluding hydrogens is 164 g/mol. The molecule has 0 atom stereocenters. The van der Waals surface area contributed by atoms with Crippen molar-refractivity contribution in [2.45, 2.75) is 0 Å². The lowest BCUT2D eigenvalue weighted by Gasteiger charge is -1.77. The van der Waals surface area contributed by atoms with Gasteiger partial charge in [-0.2, -0.15) is 5.33 Å². The van der Waals surface area contributed by atoms with Crippen LogP contribution in [0, 0.1) is 0 Å². The van der Waals surface area contributed by atoms with Crippen LogP contribution in [0.15, 0.2) is 4.82 Å². The Hall–Kier alpha value is 0.734. The van der Waals surface area contributed by atoms with Gasteiger partial charge in [0.05, 0.1) is 0 Å². The minimum Gasteiger partial charge on any atom is -0.177 e. The first-order chi connectivity index (χ1) is 3.13. The third-order valence-corrected chi connectivity index (χ3v) is 4.50. The summed E-state index contributed by atoms with van der Waals surface area (Å²) in [6.07, 6.45) is 0. The fourth-order valence-corrected chi connectivity index (χ4v) is 13.5. The van der Waals surface area contributed by atoms with Crippen LogP contribution in [-0.4, -0.2) is 52.8 Å². The Balaban J connectivity index is 4.13. The molecule has 0 aliphatic heterocycles. The highest BCUT2D eigenvalue weighted by atomic mass is 29.5. The van der Waals surface area contributed by atoms with Gasteiger partial charge in [-0.3, -0.25) is 0 Å². The second-order valence-corrected chi connectivity index (χ2v) is 24.4. The molecule has 0 aromatic heterocycles. The lowest BCUT2D eigenvalue weighted by atomic mass is 11.2. The zero-order chi connectivity index (χ0) is 5.86. The molecule has 0 aliphatic carbocycles. The van der Waals surface area contributed by atoms with Crippen molar-refractivity contribution >= 4 is 52.8 Å². The van der Waals surface area contributed by atoms with E-state index in [4.69, 9.17) is 0 Å². The number of rotatable bonds is 0. The molecule has 0 spiro atoms. The van der Waals surface area contributed by atoms with Crippen LogP contribution in [0.1, 0.15) is 0 Å². The first-order valence-electron chi connectivity index (χ1n) is 2.50. The molecule has 7 heavy (non-hydrogen) atoms. The first-order valence-corrected chi connectivity index (χ1v) is 13.0. The molecule has 0 fully saturated rings. The van der Waals surface area contributed by atoms with E-state index in [-0.39, 0.29) is 7.44 Å².